The Bertz CT molecular complexity index is 723. The molecule has 0 fully saturated rings. The Kier molecular flexibility index (Phi) is 8.01. The molecule has 0 atom stereocenters. The van der Waals surface area contributed by atoms with E-state index in [0.29, 0.717) is 17.8 Å². The molecule has 1 N–H and O–H groups in total. The van der Waals surface area contributed by atoms with Crippen LogP contribution in [0.25, 0.3) is 0 Å². The molecule has 144 valence electrons. The molecule has 0 bridgehead atoms. The van der Waals surface area contributed by atoms with Gasteiger partial charge in [-0.2, -0.15) is 0 Å². The van der Waals surface area contributed by atoms with Gasteiger partial charge in [-0.15, -0.1) is 0 Å². The van der Waals surface area contributed by atoms with E-state index >= 15 is 0 Å². The summed E-state index contributed by atoms with van der Waals surface area (Å²) in [5.74, 6) is -0.117. The summed E-state index contributed by atoms with van der Waals surface area (Å²) in [6.45, 7) is 6.45. The molecular weight excluding hydrogens is 338 g/mol. The zero-order valence-electron chi connectivity index (χ0n) is 16.4. The van der Waals surface area contributed by atoms with Crippen molar-refractivity contribution in [1.29, 1.82) is 0 Å². The Balaban J connectivity index is 1.96. The van der Waals surface area contributed by atoms with Crippen molar-refractivity contribution in [2.75, 3.05) is 36.9 Å². The van der Waals surface area contributed by atoms with Gasteiger partial charge in [0.1, 0.15) is 0 Å². The lowest BCUT2D eigenvalue weighted by Crippen LogP contribution is -2.34. The van der Waals surface area contributed by atoms with E-state index in [0.717, 1.165) is 31.6 Å². The number of rotatable bonds is 9. The molecule has 0 unspecified atom stereocenters. The first-order valence-corrected chi connectivity index (χ1v) is 9.50. The van der Waals surface area contributed by atoms with Gasteiger partial charge in [0.2, 0.25) is 5.91 Å². The highest BCUT2D eigenvalue weighted by Crippen LogP contribution is 2.16. The van der Waals surface area contributed by atoms with Crippen LogP contribution in [0, 0.1) is 0 Å². The largest absolute Gasteiger partial charge is 0.325 e. The zero-order chi connectivity index (χ0) is 19.6. The molecule has 0 aliphatic heterocycles. The molecule has 27 heavy (non-hydrogen) atoms. The summed E-state index contributed by atoms with van der Waals surface area (Å²) >= 11 is 0. The Labute approximate surface area is 162 Å². The molecule has 2 amide bonds. The highest BCUT2D eigenvalue weighted by molar-refractivity contribution is 6.06. The number of nitrogens with one attached hydrogen (secondary N) is 1. The maximum Gasteiger partial charge on any atom is 0.258 e. The average molecular weight is 367 g/mol. The normalized spacial score (nSPS) is 10.7. The van der Waals surface area contributed by atoms with Crippen LogP contribution in [0.5, 0.6) is 0 Å². The standard InChI is InChI=1S/C22H29N3O2/c1-4-15-25(16-5-2)17-21(26)23-19-13-11-18(12-14-19)22(27)24(3)20-9-7-6-8-10-20/h6-14H,4-5,15-17H2,1-3H3,(H,23,26). The number of carbonyl (C=O) groups excluding carboxylic acids is 2. The van der Waals surface area contributed by atoms with Gasteiger partial charge in [0.15, 0.2) is 0 Å². The van der Waals surface area contributed by atoms with Crippen molar-refractivity contribution in [3.05, 3.63) is 60.2 Å². The van der Waals surface area contributed by atoms with Crippen molar-refractivity contribution < 1.29 is 9.59 Å². The molecular formula is C22H29N3O2. The highest BCUT2D eigenvalue weighted by Gasteiger charge is 2.14. The van der Waals surface area contributed by atoms with Gasteiger partial charge in [-0.25, -0.2) is 0 Å². The summed E-state index contributed by atoms with van der Waals surface area (Å²) in [7, 11) is 1.75. The van der Waals surface area contributed by atoms with Crippen molar-refractivity contribution in [1.82, 2.24) is 4.90 Å². The first-order chi connectivity index (χ1) is 13.0. The van der Waals surface area contributed by atoms with E-state index in [4.69, 9.17) is 0 Å². The summed E-state index contributed by atoms with van der Waals surface area (Å²) in [6.07, 6.45) is 2.05. The van der Waals surface area contributed by atoms with Crippen molar-refractivity contribution in [3.63, 3.8) is 0 Å². The third-order valence-electron chi connectivity index (χ3n) is 4.31. The van der Waals surface area contributed by atoms with Crippen LogP contribution < -0.4 is 10.2 Å². The van der Waals surface area contributed by atoms with Crippen LogP contribution >= 0.6 is 0 Å². The molecule has 0 aliphatic rings. The summed E-state index contributed by atoms with van der Waals surface area (Å²) in [6, 6.07) is 16.5. The van der Waals surface area contributed by atoms with Crippen molar-refractivity contribution in [2.24, 2.45) is 0 Å². The lowest BCUT2D eigenvalue weighted by molar-refractivity contribution is -0.117. The summed E-state index contributed by atoms with van der Waals surface area (Å²) in [5.41, 5.74) is 2.12. The van der Waals surface area contributed by atoms with Crippen LogP contribution in [0.15, 0.2) is 54.6 Å². The average Bonchev–Trinajstić information content (AvgIpc) is 2.68. The van der Waals surface area contributed by atoms with Crippen LogP contribution in [-0.4, -0.2) is 43.4 Å². The van der Waals surface area contributed by atoms with Crippen LogP contribution in [0.3, 0.4) is 0 Å². The second-order valence-electron chi connectivity index (χ2n) is 6.60. The number of anilines is 2. The maximum absolute atomic E-state index is 12.6. The maximum atomic E-state index is 12.6. The van der Waals surface area contributed by atoms with Crippen LogP contribution in [-0.2, 0) is 4.79 Å². The highest BCUT2D eigenvalue weighted by atomic mass is 16.2. The molecule has 2 rings (SSSR count). The molecule has 0 saturated carbocycles. The smallest absolute Gasteiger partial charge is 0.258 e. The topological polar surface area (TPSA) is 52.7 Å². The Hall–Kier alpha value is -2.66. The van der Waals surface area contributed by atoms with Gasteiger partial charge in [-0.1, -0.05) is 32.0 Å². The zero-order valence-corrected chi connectivity index (χ0v) is 16.4. The van der Waals surface area contributed by atoms with Gasteiger partial charge in [0.05, 0.1) is 6.54 Å². The lowest BCUT2D eigenvalue weighted by Gasteiger charge is -2.20. The monoisotopic (exact) mass is 367 g/mol. The van der Waals surface area contributed by atoms with Crippen LogP contribution in [0.1, 0.15) is 37.0 Å². The van der Waals surface area contributed by atoms with Crippen molar-refractivity contribution in [3.8, 4) is 0 Å². The van der Waals surface area contributed by atoms with Crippen LogP contribution in [0.2, 0.25) is 0 Å². The number of para-hydroxylation sites is 1. The number of carbonyl (C=O) groups is 2. The van der Waals surface area contributed by atoms with E-state index in [2.05, 4.69) is 24.1 Å². The fourth-order valence-corrected chi connectivity index (χ4v) is 2.96. The SMILES string of the molecule is CCCN(CCC)CC(=O)Nc1ccc(C(=O)N(C)c2ccccc2)cc1. The van der Waals surface area contributed by atoms with E-state index in [1.807, 2.05) is 30.3 Å². The second-order valence-corrected chi connectivity index (χ2v) is 6.60. The number of hydrogen-bond donors (Lipinski definition) is 1. The number of nitrogens with zero attached hydrogens (tertiary/aromatic N) is 2. The van der Waals surface area contributed by atoms with Crippen molar-refractivity contribution >= 4 is 23.2 Å². The van der Waals surface area contributed by atoms with E-state index in [9.17, 15) is 9.59 Å². The first-order valence-electron chi connectivity index (χ1n) is 9.50. The quantitative estimate of drug-likeness (QED) is 0.728. The molecule has 0 spiro atoms. The predicted molar refractivity (Wildman–Crippen MR) is 111 cm³/mol. The van der Waals surface area contributed by atoms with E-state index < -0.39 is 0 Å². The second kappa shape index (κ2) is 10.5. The predicted octanol–water partition coefficient (Wildman–Crippen LogP) is 4.02. The van der Waals surface area contributed by atoms with Gasteiger partial charge < -0.3 is 10.2 Å². The molecule has 0 saturated heterocycles. The van der Waals surface area contributed by atoms with Gasteiger partial charge in [-0.3, -0.25) is 14.5 Å². The van der Waals surface area contributed by atoms with Gasteiger partial charge in [0.25, 0.3) is 5.91 Å². The molecule has 0 aromatic heterocycles. The summed E-state index contributed by atoms with van der Waals surface area (Å²) in [5, 5.41) is 2.91. The molecule has 0 aliphatic carbocycles. The Morgan fingerprint density at radius 1 is 0.889 bits per heavy atom. The number of hydrogen-bond acceptors (Lipinski definition) is 3. The molecule has 2 aromatic rings. The van der Waals surface area contributed by atoms with E-state index in [-0.39, 0.29) is 11.8 Å². The van der Waals surface area contributed by atoms with E-state index in [1.165, 1.54) is 0 Å². The fourth-order valence-electron chi connectivity index (χ4n) is 2.96. The molecule has 0 heterocycles. The molecule has 2 aromatic carbocycles. The summed E-state index contributed by atoms with van der Waals surface area (Å²) in [4.78, 5) is 28.6. The van der Waals surface area contributed by atoms with Gasteiger partial charge >= 0.3 is 0 Å². The third kappa shape index (κ3) is 6.22. The van der Waals surface area contributed by atoms with Crippen LogP contribution in [0.4, 0.5) is 11.4 Å². The molecule has 0 radical (unpaired) electrons. The third-order valence-corrected chi connectivity index (χ3v) is 4.31. The Morgan fingerprint density at radius 2 is 1.48 bits per heavy atom. The van der Waals surface area contributed by atoms with Gasteiger partial charge in [0, 0.05) is 24.0 Å². The van der Waals surface area contributed by atoms with Crippen molar-refractivity contribution in [2.45, 2.75) is 26.7 Å². The minimum atomic E-state index is -0.0869. The molecule has 5 nitrogen and oxygen atoms in total. The molecule has 5 heteroatoms. The minimum absolute atomic E-state index is 0.0302. The number of amides is 2. The fraction of sp³-hybridized carbons (Fsp3) is 0.364. The summed E-state index contributed by atoms with van der Waals surface area (Å²) < 4.78 is 0. The number of benzene rings is 2. The minimum Gasteiger partial charge on any atom is -0.325 e. The Morgan fingerprint density at radius 3 is 2.04 bits per heavy atom. The van der Waals surface area contributed by atoms with Gasteiger partial charge in [-0.05, 0) is 62.3 Å². The lowest BCUT2D eigenvalue weighted by atomic mass is 10.1. The van der Waals surface area contributed by atoms with E-state index in [1.54, 1.807) is 36.2 Å². The first kappa shape index (κ1) is 20.6.